The van der Waals surface area contributed by atoms with Gasteiger partial charge < -0.3 is 0 Å². The second-order valence-corrected chi connectivity index (χ2v) is 8.01. The number of anilines is 1. The first-order chi connectivity index (χ1) is 13.0. The van der Waals surface area contributed by atoms with E-state index >= 15 is 0 Å². The molecule has 0 bridgehead atoms. The Morgan fingerprint density at radius 2 is 1.85 bits per heavy atom. The van der Waals surface area contributed by atoms with Gasteiger partial charge >= 0.3 is 0 Å². The average Bonchev–Trinajstić information content (AvgIpc) is 3.35. The Kier molecular flexibility index (Phi) is 4.42. The minimum absolute atomic E-state index is 0.0704. The number of aromatic nitrogens is 4. The van der Waals surface area contributed by atoms with Gasteiger partial charge in [-0.25, -0.2) is 17.5 Å². The topological polar surface area (TPSA) is 89.8 Å². The minimum atomic E-state index is -3.86. The summed E-state index contributed by atoms with van der Waals surface area (Å²) >= 11 is 1.39. The molecule has 0 aliphatic rings. The zero-order chi connectivity index (χ0) is 18.9. The van der Waals surface area contributed by atoms with Crippen molar-refractivity contribution in [1.82, 2.24) is 20.0 Å². The Morgan fingerprint density at radius 1 is 1.07 bits per heavy atom. The molecule has 2 aromatic heterocycles. The maximum Gasteiger partial charge on any atom is 0.265 e. The fourth-order valence-corrected chi connectivity index (χ4v) is 3.96. The summed E-state index contributed by atoms with van der Waals surface area (Å²) in [7, 11) is -3.86. The predicted octanol–water partition coefficient (Wildman–Crippen LogP) is 3.33. The minimum Gasteiger partial charge on any atom is -0.280 e. The molecule has 0 radical (unpaired) electrons. The third-order valence-corrected chi connectivity index (χ3v) is 5.79. The first-order valence-electron chi connectivity index (χ1n) is 7.72. The van der Waals surface area contributed by atoms with Gasteiger partial charge in [0, 0.05) is 11.3 Å². The summed E-state index contributed by atoms with van der Waals surface area (Å²) in [4.78, 5) is -0.0704. The summed E-state index contributed by atoms with van der Waals surface area (Å²) in [6.07, 6.45) is 2.43. The van der Waals surface area contributed by atoms with Crippen LogP contribution in [-0.4, -0.2) is 28.4 Å². The van der Waals surface area contributed by atoms with Crippen LogP contribution in [0.25, 0.3) is 16.3 Å². The van der Waals surface area contributed by atoms with Crippen molar-refractivity contribution in [2.24, 2.45) is 0 Å². The highest BCUT2D eigenvalue weighted by atomic mass is 32.2. The van der Waals surface area contributed by atoms with Gasteiger partial charge in [0.05, 0.1) is 12.4 Å². The molecule has 0 spiro atoms. The van der Waals surface area contributed by atoms with Crippen molar-refractivity contribution in [2.75, 3.05) is 4.72 Å². The Bertz CT molecular complexity index is 1170. The molecule has 0 atom stereocenters. The van der Waals surface area contributed by atoms with Crippen LogP contribution in [0.1, 0.15) is 0 Å². The molecular formula is C17H12FN5O2S2. The average molecular weight is 401 g/mol. The van der Waals surface area contributed by atoms with E-state index < -0.39 is 15.8 Å². The maximum atomic E-state index is 13.8. The zero-order valence-corrected chi connectivity index (χ0v) is 15.3. The van der Waals surface area contributed by atoms with Crippen LogP contribution in [0, 0.1) is 5.82 Å². The predicted molar refractivity (Wildman–Crippen MR) is 99.7 cm³/mol. The molecule has 0 aliphatic carbocycles. The van der Waals surface area contributed by atoms with Gasteiger partial charge in [-0.2, -0.15) is 5.10 Å². The van der Waals surface area contributed by atoms with Crippen molar-refractivity contribution in [3.8, 4) is 16.3 Å². The van der Waals surface area contributed by atoms with Gasteiger partial charge in [-0.05, 0) is 36.4 Å². The molecule has 0 amide bonds. The van der Waals surface area contributed by atoms with Gasteiger partial charge in [0.2, 0.25) is 0 Å². The molecule has 0 aliphatic heterocycles. The smallest absolute Gasteiger partial charge is 0.265 e. The van der Waals surface area contributed by atoms with Crippen LogP contribution in [0.15, 0.2) is 71.3 Å². The molecule has 4 rings (SSSR count). The van der Waals surface area contributed by atoms with Gasteiger partial charge in [-0.1, -0.05) is 23.5 Å². The van der Waals surface area contributed by atoms with Crippen LogP contribution in [0.4, 0.5) is 10.1 Å². The molecule has 136 valence electrons. The summed E-state index contributed by atoms with van der Waals surface area (Å²) in [6, 6.07) is 12.8. The van der Waals surface area contributed by atoms with Crippen molar-refractivity contribution in [1.29, 1.82) is 0 Å². The molecular weight excluding hydrogens is 389 g/mol. The lowest BCUT2D eigenvalue weighted by molar-refractivity contribution is 0.600. The first kappa shape index (κ1) is 17.3. The fourth-order valence-electron chi connectivity index (χ4n) is 2.41. The van der Waals surface area contributed by atoms with E-state index in [9.17, 15) is 12.8 Å². The highest BCUT2D eigenvalue weighted by Gasteiger charge is 2.18. The lowest BCUT2D eigenvalue weighted by Gasteiger charge is -2.06. The number of nitrogens with zero attached hydrogens (tertiary/aromatic N) is 4. The van der Waals surface area contributed by atoms with Crippen molar-refractivity contribution < 1.29 is 12.8 Å². The van der Waals surface area contributed by atoms with Crippen LogP contribution in [0.5, 0.6) is 0 Å². The molecule has 2 aromatic carbocycles. The van der Waals surface area contributed by atoms with Crippen molar-refractivity contribution in [3.05, 3.63) is 72.3 Å². The monoisotopic (exact) mass is 401 g/mol. The molecule has 10 heteroatoms. The van der Waals surface area contributed by atoms with Crippen LogP contribution in [-0.2, 0) is 10.0 Å². The third-order valence-electron chi connectivity index (χ3n) is 3.71. The van der Waals surface area contributed by atoms with E-state index in [2.05, 4.69) is 20.0 Å². The number of halogens is 1. The molecule has 4 aromatic rings. The Hall–Kier alpha value is -3.11. The van der Waals surface area contributed by atoms with Crippen LogP contribution < -0.4 is 4.72 Å². The highest BCUT2D eigenvalue weighted by Crippen LogP contribution is 2.24. The number of nitrogens with one attached hydrogen (secondary N) is 1. The second-order valence-electron chi connectivity index (χ2n) is 5.50. The van der Waals surface area contributed by atoms with Crippen molar-refractivity contribution >= 4 is 27.0 Å². The maximum absolute atomic E-state index is 13.8. The number of hydrogen-bond donors (Lipinski definition) is 1. The molecule has 0 fully saturated rings. The van der Waals surface area contributed by atoms with Crippen molar-refractivity contribution in [2.45, 2.75) is 4.90 Å². The summed E-state index contributed by atoms with van der Waals surface area (Å²) in [5, 5.41) is 12.4. The van der Waals surface area contributed by atoms with Gasteiger partial charge in [0.25, 0.3) is 10.0 Å². The number of rotatable bonds is 5. The lowest BCUT2D eigenvalue weighted by atomic mass is 10.2. The number of benzene rings is 2. The van der Waals surface area contributed by atoms with E-state index in [1.165, 1.54) is 40.5 Å². The first-order valence-corrected chi connectivity index (χ1v) is 10.1. The molecule has 27 heavy (non-hydrogen) atoms. The number of para-hydroxylation sites is 1. The van der Waals surface area contributed by atoms with Gasteiger partial charge in [0.15, 0.2) is 0 Å². The largest absolute Gasteiger partial charge is 0.280 e. The molecule has 0 saturated heterocycles. The van der Waals surface area contributed by atoms with Crippen molar-refractivity contribution in [3.63, 3.8) is 0 Å². The summed E-state index contributed by atoms with van der Waals surface area (Å²) in [6.45, 7) is 0. The highest BCUT2D eigenvalue weighted by molar-refractivity contribution is 7.92. The Morgan fingerprint density at radius 3 is 2.56 bits per heavy atom. The van der Waals surface area contributed by atoms with Crippen LogP contribution in [0.3, 0.4) is 0 Å². The normalized spacial score (nSPS) is 11.4. The Balaban J connectivity index is 1.56. The number of hydrogen-bond acceptors (Lipinski definition) is 6. The van der Waals surface area contributed by atoms with Gasteiger partial charge in [0.1, 0.15) is 26.9 Å². The zero-order valence-electron chi connectivity index (χ0n) is 13.7. The van der Waals surface area contributed by atoms with E-state index in [1.54, 1.807) is 41.9 Å². The quantitative estimate of drug-likeness (QED) is 0.554. The van der Waals surface area contributed by atoms with Gasteiger partial charge in [-0.3, -0.25) is 4.72 Å². The van der Waals surface area contributed by atoms with Crippen LogP contribution in [0.2, 0.25) is 0 Å². The fraction of sp³-hybridized carbons (Fsp3) is 0. The van der Waals surface area contributed by atoms with Gasteiger partial charge in [-0.15, -0.1) is 10.2 Å². The standard InChI is InChI=1S/C17H12FN5O2S2/c18-15-3-1-2-4-16(15)23-10-14(9-20-23)27(24,25)22-13-7-5-12(6-8-13)17-21-19-11-26-17/h1-11,22H. The molecule has 0 unspecified atom stereocenters. The molecule has 0 saturated carbocycles. The second kappa shape index (κ2) is 6.89. The van der Waals surface area contributed by atoms with E-state index in [1.807, 2.05) is 0 Å². The van der Waals surface area contributed by atoms with Crippen LogP contribution >= 0.6 is 11.3 Å². The van der Waals surface area contributed by atoms with E-state index in [0.717, 1.165) is 10.6 Å². The Labute approximate surface area is 158 Å². The third kappa shape index (κ3) is 3.57. The number of sulfonamides is 1. The SMILES string of the molecule is O=S(=O)(Nc1ccc(-c2nncs2)cc1)c1cnn(-c2ccccc2F)c1. The van der Waals surface area contributed by atoms with E-state index in [-0.39, 0.29) is 10.6 Å². The summed E-state index contributed by atoms with van der Waals surface area (Å²) < 4.78 is 42.6. The summed E-state index contributed by atoms with van der Waals surface area (Å²) in [5.41, 5.74) is 3.02. The molecule has 2 heterocycles. The lowest BCUT2D eigenvalue weighted by Crippen LogP contribution is -2.12. The van der Waals surface area contributed by atoms with E-state index in [4.69, 9.17) is 0 Å². The van der Waals surface area contributed by atoms with E-state index in [0.29, 0.717) is 5.69 Å². The summed E-state index contributed by atoms with van der Waals surface area (Å²) in [5.74, 6) is -0.496. The molecule has 7 nitrogen and oxygen atoms in total. The molecule has 1 N–H and O–H groups in total.